The molecule has 0 unspecified atom stereocenters. The van der Waals surface area contributed by atoms with Gasteiger partial charge < -0.3 is 10.9 Å². The average molecular weight is 118 g/mol. The van der Waals surface area contributed by atoms with Crippen LogP contribution in [-0.2, 0) is 0 Å². The molecule has 1 saturated carbocycles. The summed E-state index contributed by atoms with van der Waals surface area (Å²) in [7, 11) is 0. The Morgan fingerprint density at radius 2 is 1.67 bits per heavy atom. The van der Waals surface area contributed by atoms with Gasteiger partial charge in [-0.25, -0.2) is 0 Å². The molecule has 0 aromatic heterocycles. The zero-order chi connectivity index (χ0) is 5.45. The molecule has 2 aliphatic rings. The molecule has 1 spiro atoms. The Balaban J connectivity index is 0.000000405. The molecular formula is C6H11LiN2. The second kappa shape index (κ2) is 2.63. The summed E-state index contributed by atoms with van der Waals surface area (Å²) < 4.78 is 0. The maximum Gasteiger partial charge on any atom is 1.00 e. The molecule has 3 heteroatoms. The van der Waals surface area contributed by atoms with Gasteiger partial charge in [0.15, 0.2) is 0 Å². The van der Waals surface area contributed by atoms with Gasteiger partial charge in [0.2, 0.25) is 0 Å². The molecule has 1 N–H and O–H groups in total. The van der Waals surface area contributed by atoms with Gasteiger partial charge in [-0.3, -0.25) is 0 Å². The van der Waals surface area contributed by atoms with E-state index in [0.717, 1.165) is 0 Å². The van der Waals surface area contributed by atoms with Crippen molar-refractivity contribution >= 4 is 0 Å². The quantitative estimate of drug-likeness (QED) is 0.306. The smallest absolute Gasteiger partial charge is 0.582 e. The number of rotatable bonds is 0. The van der Waals surface area contributed by atoms with E-state index in [1.165, 1.54) is 32.1 Å². The van der Waals surface area contributed by atoms with Crippen LogP contribution in [0, 0.1) is 0 Å². The van der Waals surface area contributed by atoms with Gasteiger partial charge in [0.05, 0.1) is 0 Å². The van der Waals surface area contributed by atoms with Crippen molar-refractivity contribution in [1.29, 1.82) is 0 Å². The number of hydrogen-bond acceptors (Lipinski definition) is 1. The van der Waals surface area contributed by atoms with E-state index in [0.29, 0.717) is 5.66 Å². The van der Waals surface area contributed by atoms with Crippen molar-refractivity contribution in [3.05, 3.63) is 5.43 Å². The van der Waals surface area contributed by atoms with Crippen molar-refractivity contribution < 1.29 is 18.9 Å². The zero-order valence-electron chi connectivity index (χ0n) is 5.98. The van der Waals surface area contributed by atoms with Crippen LogP contribution in [0.3, 0.4) is 0 Å². The van der Waals surface area contributed by atoms with Gasteiger partial charge >= 0.3 is 18.9 Å². The maximum atomic E-state index is 4.14. The summed E-state index contributed by atoms with van der Waals surface area (Å²) in [6, 6.07) is 0. The van der Waals surface area contributed by atoms with Crippen molar-refractivity contribution in [3.63, 3.8) is 0 Å². The number of nitrogens with zero attached hydrogens (tertiary/aromatic N) is 1. The molecule has 1 heterocycles. The zero-order valence-corrected chi connectivity index (χ0v) is 5.98. The maximum absolute atomic E-state index is 4.14. The van der Waals surface area contributed by atoms with Crippen LogP contribution in [-0.4, -0.2) is 5.66 Å². The first-order valence-electron chi connectivity index (χ1n) is 3.40. The second-order valence-electron chi connectivity index (χ2n) is 2.82. The third-order valence-electron chi connectivity index (χ3n) is 2.11. The van der Waals surface area contributed by atoms with Gasteiger partial charge in [0, 0.05) is 0 Å². The van der Waals surface area contributed by atoms with Crippen LogP contribution in [0.15, 0.2) is 0 Å². The summed E-state index contributed by atoms with van der Waals surface area (Å²) >= 11 is 0. The van der Waals surface area contributed by atoms with Gasteiger partial charge in [-0.15, -0.1) is 0 Å². The largest absolute Gasteiger partial charge is 1.00 e. The van der Waals surface area contributed by atoms with E-state index in [4.69, 9.17) is 0 Å². The topological polar surface area (TPSA) is 36.0 Å². The standard InChI is InChI=1S/C6H11N2.Li/c1-2-4-6(5-3-1)7-8-6;/h7H,1-5H2;/q-1;+1. The summed E-state index contributed by atoms with van der Waals surface area (Å²) in [5.41, 5.74) is 7.52. The van der Waals surface area contributed by atoms with E-state index in [1.54, 1.807) is 0 Å². The van der Waals surface area contributed by atoms with E-state index >= 15 is 0 Å². The minimum Gasteiger partial charge on any atom is -0.582 e. The Morgan fingerprint density at radius 1 is 1.11 bits per heavy atom. The first-order chi connectivity index (χ1) is 3.91. The molecule has 9 heavy (non-hydrogen) atoms. The van der Waals surface area contributed by atoms with Crippen molar-refractivity contribution in [3.8, 4) is 0 Å². The van der Waals surface area contributed by atoms with Crippen LogP contribution in [0.25, 0.3) is 5.43 Å². The summed E-state index contributed by atoms with van der Waals surface area (Å²) in [5, 5.41) is 0. The Morgan fingerprint density at radius 3 is 2.00 bits per heavy atom. The van der Waals surface area contributed by atoms with E-state index < -0.39 is 0 Å². The van der Waals surface area contributed by atoms with Crippen LogP contribution < -0.4 is 24.3 Å². The first kappa shape index (κ1) is 7.62. The van der Waals surface area contributed by atoms with Gasteiger partial charge in [-0.2, -0.15) is 0 Å². The SMILES string of the molecule is C1CCC2(CC1)[N-]N2.[Li+]. The molecule has 1 saturated heterocycles. The fourth-order valence-corrected chi connectivity index (χ4v) is 1.44. The summed E-state index contributed by atoms with van der Waals surface area (Å²) in [6.45, 7) is 0. The van der Waals surface area contributed by atoms with Crippen LogP contribution in [0.5, 0.6) is 0 Å². The minimum atomic E-state index is 0. The van der Waals surface area contributed by atoms with E-state index in [2.05, 4.69) is 10.9 Å². The molecule has 1 aliphatic heterocycles. The molecule has 1 aliphatic carbocycles. The molecule has 2 nitrogen and oxygen atoms in total. The van der Waals surface area contributed by atoms with Gasteiger partial charge in [0.1, 0.15) is 0 Å². The predicted molar refractivity (Wildman–Crippen MR) is 32.3 cm³/mol. The molecule has 0 amide bonds. The monoisotopic (exact) mass is 118 g/mol. The fraction of sp³-hybridized carbons (Fsp3) is 1.00. The number of nitrogens with one attached hydrogen (secondary N) is 1. The predicted octanol–water partition coefficient (Wildman–Crippen LogP) is -1.46. The normalized spacial score (nSPS) is 29.3. The van der Waals surface area contributed by atoms with Crippen LogP contribution >= 0.6 is 0 Å². The molecule has 2 rings (SSSR count). The van der Waals surface area contributed by atoms with Gasteiger partial charge in [-0.1, -0.05) is 37.8 Å². The van der Waals surface area contributed by atoms with Crippen molar-refractivity contribution in [2.45, 2.75) is 37.8 Å². The summed E-state index contributed by atoms with van der Waals surface area (Å²) in [5.74, 6) is 0. The van der Waals surface area contributed by atoms with Gasteiger partial charge in [0.25, 0.3) is 0 Å². The summed E-state index contributed by atoms with van der Waals surface area (Å²) in [6.07, 6.45) is 6.73. The van der Waals surface area contributed by atoms with Crippen molar-refractivity contribution in [1.82, 2.24) is 5.43 Å². The van der Waals surface area contributed by atoms with E-state index in [1.807, 2.05) is 0 Å². The van der Waals surface area contributed by atoms with Crippen LogP contribution in [0.1, 0.15) is 32.1 Å². The molecule has 0 aromatic rings. The molecule has 2 fully saturated rings. The van der Waals surface area contributed by atoms with Crippen molar-refractivity contribution in [2.24, 2.45) is 0 Å². The van der Waals surface area contributed by atoms with Gasteiger partial charge in [-0.05, 0) is 0 Å². The van der Waals surface area contributed by atoms with Crippen molar-refractivity contribution in [2.75, 3.05) is 0 Å². The molecule has 46 valence electrons. The third-order valence-corrected chi connectivity index (χ3v) is 2.11. The Labute approximate surface area is 67.9 Å². The molecular weight excluding hydrogens is 107 g/mol. The molecule has 0 bridgehead atoms. The third kappa shape index (κ3) is 1.50. The Hall–Kier alpha value is 0.517. The second-order valence-corrected chi connectivity index (χ2v) is 2.82. The minimum absolute atomic E-state index is 0. The fourth-order valence-electron chi connectivity index (χ4n) is 1.44. The molecule has 0 radical (unpaired) electrons. The Kier molecular flexibility index (Phi) is 2.23. The number of hydrogen-bond donors (Lipinski definition) is 1. The molecule has 0 aromatic carbocycles. The summed E-state index contributed by atoms with van der Waals surface area (Å²) in [4.78, 5) is 0. The van der Waals surface area contributed by atoms with Crippen LogP contribution in [0.2, 0.25) is 0 Å². The average Bonchev–Trinajstić information content (AvgIpc) is 2.52. The van der Waals surface area contributed by atoms with Crippen LogP contribution in [0.4, 0.5) is 0 Å². The molecule has 0 atom stereocenters. The van der Waals surface area contributed by atoms with E-state index in [-0.39, 0.29) is 18.9 Å². The first-order valence-corrected chi connectivity index (χ1v) is 3.40. The Bertz CT molecular complexity index is 93.2. The van der Waals surface area contributed by atoms with E-state index in [9.17, 15) is 0 Å².